The van der Waals surface area contributed by atoms with Crippen LogP contribution in [0.1, 0.15) is 102 Å². The number of aliphatic hydroxyl groups excluding tert-OH is 1. The molecule has 0 radical (unpaired) electrons. The number of nitrogens with zero attached hydrogens (tertiary/aromatic N) is 3. The zero-order chi connectivity index (χ0) is 29.0. The predicted octanol–water partition coefficient (Wildman–Crippen LogP) is 6.03. The molecule has 2 aliphatic heterocycles. The Morgan fingerprint density at radius 2 is 1.88 bits per heavy atom. The molecule has 0 amide bonds. The van der Waals surface area contributed by atoms with Gasteiger partial charge in [0, 0.05) is 42.7 Å². The van der Waals surface area contributed by atoms with E-state index in [1.54, 1.807) is 6.20 Å². The fraction of sp³-hybridized carbons (Fsp3) is 0.767. The first-order chi connectivity index (χ1) is 19.7. The van der Waals surface area contributed by atoms with Gasteiger partial charge in [0.25, 0.3) is 0 Å². The third kappa shape index (κ3) is 8.20. The lowest BCUT2D eigenvalue weighted by Gasteiger charge is -2.36. The summed E-state index contributed by atoms with van der Waals surface area (Å²) in [5.74, 6) is 0.781. The SMILES string of the molecule is CC[C@@H]1C[C@@H](Oc2ncc(C3CCC(O)CC3)c3nc(N[C@@H](C)CC(F)(F)F)ncc23)C[C@H](CC[C@@H]2CCCO2)N1. The first-order valence-electron chi connectivity index (χ1n) is 15.4. The Balaban J connectivity index is 1.37. The molecule has 0 bridgehead atoms. The summed E-state index contributed by atoms with van der Waals surface area (Å²) in [6, 6.07) is -0.181. The van der Waals surface area contributed by atoms with Crippen LogP contribution in [0.25, 0.3) is 10.9 Å². The zero-order valence-electron chi connectivity index (χ0n) is 24.1. The maximum Gasteiger partial charge on any atom is 0.391 e. The van der Waals surface area contributed by atoms with Gasteiger partial charge in [0.1, 0.15) is 6.10 Å². The van der Waals surface area contributed by atoms with Gasteiger partial charge in [-0.15, -0.1) is 0 Å². The number of hydrogen-bond donors (Lipinski definition) is 3. The third-order valence-electron chi connectivity index (χ3n) is 8.86. The van der Waals surface area contributed by atoms with E-state index in [4.69, 9.17) is 19.4 Å². The number of halogens is 3. The molecule has 2 aromatic rings. The average Bonchev–Trinajstić information content (AvgIpc) is 3.45. The number of piperidine rings is 1. The number of anilines is 1. The third-order valence-corrected chi connectivity index (χ3v) is 8.86. The van der Waals surface area contributed by atoms with E-state index in [0.29, 0.717) is 47.8 Å². The molecule has 8 nitrogen and oxygen atoms in total. The smallest absolute Gasteiger partial charge is 0.391 e. The van der Waals surface area contributed by atoms with Crippen LogP contribution < -0.4 is 15.4 Å². The Morgan fingerprint density at radius 1 is 1.10 bits per heavy atom. The van der Waals surface area contributed by atoms with Gasteiger partial charge in [0.2, 0.25) is 11.8 Å². The molecule has 1 saturated carbocycles. The monoisotopic (exact) mass is 579 g/mol. The highest BCUT2D eigenvalue weighted by Gasteiger charge is 2.32. The summed E-state index contributed by atoms with van der Waals surface area (Å²) < 4.78 is 51.3. The van der Waals surface area contributed by atoms with Crippen molar-refractivity contribution >= 4 is 16.9 Å². The van der Waals surface area contributed by atoms with Crippen LogP contribution in [-0.4, -0.2) is 69.3 Å². The number of rotatable bonds is 10. The second kappa shape index (κ2) is 13.4. The van der Waals surface area contributed by atoms with Crippen molar-refractivity contribution in [3.8, 4) is 5.88 Å². The minimum Gasteiger partial charge on any atom is -0.474 e. The van der Waals surface area contributed by atoms with Gasteiger partial charge in [-0.1, -0.05) is 6.92 Å². The molecule has 41 heavy (non-hydrogen) atoms. The molecule has 4 heterocycles. The lowest BCUT2D eigenvalue weighted by molar-refractivity contribution is -0.136. The van der Waals surface area contributed by atoms with E-state index in [0.717, 1.165) is 70.0 Å². The number of nitrogens with one attached hydrogen (secondary N) is 2. The number of aliphatic hydroxyl groups is 1. The molecule has 3 aliphatic rings. The van der Waals surface area contributed by atoms with E-state index < -0.39 is 18.6 Å². The van der Waals surface area contributed by atoms with Gasteiger partial charge >= 0.3 is 6.18 Å². The quantitative estimate of drug-likeness (QED) is 0.314. The molecule has 3 fully saturated rings. The van der Waals surface area contributed by atoms with Gasteiger partial charge in [-0.3, -0.25) is 0 Å². The van der Waals surface area contributed by atoms with Gasteiger partial charge in [-0.2, -0.15) is 13.2 Å². The number of aromatic nitrogens is 3. The zero-order valence-corrected chi connectivity index (χ0v) is 24.1. The maximum absolute atomic E-state index is 12.9. The molecule has 1 aliphatic carbocycles. The molecule has 5 rings (SSSR count). The van der Waals surface area contributed by atoms with Crippen LogP contribution in [-0.2, 0) is 4.74 Å². The summed E-state index contributed by atoms with van der Waals surface area (Å²) in [6.07, 6.45) is 8.31. The van der Waals surface area contributed by atoms with Crippen molar-refractivity contribution < 1.29 is 27.8 Å². The van der Waals surface area contributed by atoms with Crippen LogP contribution in [0.3, 0.4) is 0 Å². The molecular weight excluding hydrogens is 535 g/mol. The largest absolute Gasteiger partial charge is 0.474 e. The summed E-state index contributed by atoms with van der Waals surface area (Å²) in [7, 11) is 0. The highest BCUT2D eigenvalue weighted by molar-refractivity contribution is 5.86. The highest BCUT2D eigenvalue weighted by Crippen LogP contribution is 2.38. The van der Waals surface area contributed by atoms with Crippen molar-refractivity contribution in [1.82, 2.24) is 20.3 Å². The van der Waals surface area contributed by atoms with Crippen molar-refractivity contribution in [2.45, 2.75) is 139 Å². The van der Waals surface area contributed by atoms with Crippen LogP contribution >= 0.6 is 0 Å². The molecule has 11 heteroatoms. The second-order valence-electron chi connectivity index (χ2n) is 12.2. The Hall–Kier alpha value is -2.24. The standard InChI is InChI=1S/C30H44F3N5O3/c1-3-20-13-24(14-21(37-20)8-11-23-5-4-12-40-23)41-28-26-17-35-29(36-18(2)15-30(31,32)33)38-27(26)25(16-34-28)19-6-9-22(39)10-7-19/h16-24,37,39H,3-15H2,1-2H3,(H,35,36,38)/t18-,19?,20+,21-,22?,23-,24+/m0/s1. The lowest BCUT2D eigenvalue weighted by atomic mass is 9.83. The summed E-state index contributed by atoms with van der Waals surface area (Å²) in [5, 5.41) is 17.3. The van der Waals surface area contributed by atoms with Crippen LogP contribution in [0.4, 0.5) is 19.1 Å². The summed E-state index contributed by atoms with van der Waals surface area (Å²) in [6.45, 7) is 4.52. The van der Waals surface area contributed by atoms with E-state index >= 15 is 0 Å². The van der Waals surface area contributed by atoms with E-state index in [-0.39, 0.29) is 24.1 Å². The minimum atomic E-state index is -4.28. The minimum absolute atomic E-state index is 0.0216. The Bertz CT molecular complexity index is 1140. The Labute approximate surface area is 240 Å². The van der Waals surface area contributed by atoms with Gasteiger partial charge in [-0.25, -0.2) is 15.0 Å². The molecule has 3 N–H and O–H groups in total. The van der Waals surface area contributed by atoms with Crippen molar-refractivity contribution in [2.24, 2.45) is 0 Å². The lowest BCUT2D eigenvalue weighted by Crippen LogP contribution is -2.49. The number of pyridine rings is 1. The van der Waals surface area contributed by atoms with E-state index in [2.05, 4.69) is 22.5 Å². The second-order valence-corrected chi connectivity index (χ2v) is 12.2. The van der Waals surface area contributed by atoms with E-state index in [9.17, 15) is 18.3 Å². The average molecular weight is 580 g/mol. The van der Waals surface area contributed by atoms with E-state index in [1.807, 2.05) is 6.20 Å². The van der Waals surface area contributed by atoms with Crippen LogP contribution in [0.15, 0.2) is 12.4 Å². The molecule has 0 unspecified atom stereocenters. The molecule has 228 valence electrons. The highest BCUT2D eigenvalue weighted by atomic mass is 19.4. The number of fused-ring (bicyclic) bond motifs is 1. The topological polar surface area (TPSA) is 101 Å². The Morgan fingerprint density at radius 3 is 2.59 bits per heavy atom. The fourth-order valence-electron chi connectivity index (χ4n) is 6.68. The van der Waals surface area contributed by atoms with Crippen LogP contribution in [0.5, 0.6) is 5.88 Å². The number of ether oxygens (including phenoxy) is 2. The van der Waals surface area contributed by atoms with Gasteiger partial charge < -0.3 is 25.2 Å². The number of alkyl halides is 3. The van der Waals surface area contributed by atoms with Gasteiger partial charge in [-0.05, 0) is 83.5 Å². The summed E-state index contributed by atoms with van der Waals surface area (Å²) in [4.78, 5) is 13.8. The van der Waals surface area contributed by atoms with Crippen molar-refractivity contribution in [3.05, 3.63) is 18.0 Å². The van der Waals surface area contributed by atoms with Gasteiger partial charge in [0.15, 0.2) is 0 Å². The first-order valence-corrected chi connectivity index (χ1v) is 15.4. The molecule has 0 aromatic carbocycles. The van der Waals surface area contributed by atoms with Crippen molar-refractivity contribution in [3.63, 3.8) is 0 Å². The van der Waals surface area contributed by atoms with Crippen molar-refractivity contribution in [2.75, 3.05) is 11.9 Å². The molecule has 0 spiro atoms. The molecular formula is C30H44F3N5O3. The van der Waals surface area contributed by atoms with Crippen molar-refractivity contribution in [1.29, 1.82) is 0 Å². The van der Waals surface area contributed by atoms with Crippen LogP contribution in [0.2, 0.25) is 0 Å². The van der Waals surface area contributed by atoms with Crippen LogP contribution in [0, 0.1) is 0 Å². The van der Waals surface area contributed by atoms with E-state index in [1.165, 1.54) is 6.92 Å². The molecule has 5 atom stereocenters. The summed E-state index contributed by atoms with van der Waals surface area (Å²) in [5.41, 5.74) is 1.59. The Kier molecular flexibility index (Phi) is 9.86. The number of hydrogen-bond acceptors (Lipinski definition) is 8. The first kappa shape index (κ1) is 30.2. The predicted molar refractivity (Wildman–Crippen MR) is 151 cm³/mol. The summed E-state index contributed by atoms with van der Waals surface area (Å²) >= 11 is 0. The molecule has 2 saturated heterocycles. The van der Waals surface area contributed by atoms with Gasteiger partial charge in [0.05, 0.1) is 29.5 Å². The molecule has 2 aromatic heterocycles. The normalized spacial score (nSPS) is 29.9. The fourth-order valence-corrected chi connectivity index (χ4v) is 6.68. The maximum atomic E-state index is 12.9.